The van der Waals surface area contributed by atoms with Crippen molar-refractivity contribution < 1.29 is 4.79 Å². The van der Waals surface area contributed by atoms with Gasteiger partial charge in [0.1, 0.15) is 5.69 Å². The molecule has 0 bridgehead atoms. The fourth-order valence-electron chi connectivity index (χ4n) is 2.82. The first kappa shape index (κ1) is 14.0. The van der Waals surface area contributed by atoms with Crippen LogP contribution in [0.4, 0.5) is 5.69 Å². The molecule has 3 nitrogen and oxygen atoms in total. The van der Waals surface area contributed by atoms with Crippen molar-refractivity contribution in [1.29, 1.82) is 0 Å². The molecule has 0 spiro atoms. The third-order valence-electron chi connectivity index (χ3n) is 4.05. The van der Waals surface area contributed by atoms with Crippen LogP contribution in [0.2, 0.25) is 0 Å². The summed E-state index contributed by atoms with van der Waals surface area (Å²) in [6, 6.07) is 3.86. The molecule has 0 amide bonds. The summed E-state index contributed by atoms with van der Waals surface area (Å²) in [4.78, 5) is 18.1. The third-order valence-corrected chi connectivity index (χ3v) is 4.05. The van der Waals surface area contributed by atoms with Crippen LogP contribution in [0, 0.1) is 5.92 Å². The number of aromatic nitrogens is 1. The van der Waals surface area contributed by atoms with Gasteiger partial charge in [-0.15, -0.1) is 0 Å². The van der Waals surface area contributed by atoms with E-state index in [1.807, 2.05) is 25.3 Å². The number of carbonyl (C=O) groups excluding carboxylic acids is 1. The number of pyridine rings is 1. The second-order valence-corrected chi connectivity index (χ2v) is 5.56. The van der Waals surface area contributed by atoms with Crippen molar-refractivity contribution >= 4 is 11.5 Å². The van der Waals surface area contributed by atoms with Gasteiger partial charge < -0.3 is 4.90 Å². The first-order chi connectivity index (χ1) is 9.20. The van der Waals surface area contributed by atoms with Gasteiger partial charge in [0.25, 0.3) is 0 Å². The van der Waals surface area contributed by atoms with E-state index < -0.39 is 0 Å². The lowest BCUT2D eigenvalue weighted by atomic mass is 9.89. The summed E-state index contributed by atoms with van der Waals surface area (Å²) in [6.45, 7) is 2.97. The van der Waals surface area contributed by atoms with Crippen molar-refractivity contribution in [2.75, 3.05) is 18.5 Å². The average molecular weight is 260 g/mol. The third kappa shape index (κ3) is 3.79. The Bertz CT molecular complexity index is 407. The number of nitrogens with zero attached hydrogens (tertiary/aromatic N) is 2. The van der Waals surface area contributed by atoms with E-state index in [-0.39, 0.29) is 5.78 Å². The molecular weight excluding hydrogens is 236 g/mol. The fraction of sp³-hybridized carbons (Fsp3) is 0.625. The van der Waals surface area contributed by atoms with Crippen LogP contribution in [-0.4, -0.2) is 24.4 Å². The summed E-state index contributed by atoms with van der Waals surface area (Å²) in [6.07, 6.45) is 9.20. The first-order valence-electron chi connectivity index (χ1n) is 7.41. The Hall–Kier alpha value is -1.38. The summed E-state index contributed by atoms with van der Waals surface area (Å²) in [5.41, 5.74) is 1.69. The van der Waals surface area contributed by atoms with Crippen LogP contribution >= 0.6 is 0 Å². The quantitative estimate of drug-likeness (QED) is 0.757. The normalized spacial score (nSPS) is 16.3. The van der Waals surface area contributed by atoms with Crippen molar-refractivity contribution in [3.8, 4) is 0 Å². The highest BCUT2D eigenvalue weighted by molar-refractivity contribution is 5.94. The minimum atomic E-state index is 0.112. The Morgan fingerprint density at radius 3 is 2.63 bits per heavy atom. The van der Waals surface area contributed by atoms with Crippen LogP contribution < -0.4 is 4.90 Å². The number of rotatable bonds is 5. The number of ketones is 1. The lowest BCUT2D eigenvalue weighted by Gasteiger charge is -2.28. The molecule has 0 N–H and O–H groups in total. The summed E-state index contributed by atoms with van der Waals surface area (Å²) in [7, 11) is 2.12. The second-order valence-electron chi connectivity index (χ2n) is 5.56. The molecular formula is C16H24N2O. The van der Waals surface area contributed by atoms with Crippen molar-refractivity contribution in [3.05, 3.63) is 24.0 Å². The first-order valence-corrected chi connectivity index (χ1v) is 7.41. The Kier molecular flexibility index (Phi) is 4.94. The standard InChI is InChI=1S/C16H24N2O/c1-3-16(19)15-10-9-14(11-17-15)18(2)12-13-7-5-4-6-8-13/h9-11,13H,3-8,12H2,1-2H3. The molecule has 1 aromatic rings. The molecule has 3 heteroatoms. The van der Waals surface area contributed by atoms with Crippen molar-refractivity contribution in [3.63, 3.8) is 0 Å². The van der Waals surface area contributed by atoms with Crippen LogP contribution in [0.1, 0.15) is 55.9 Å². The van der Waals surface area contributed by atoms with Gasteiger partial charge in [0.15, 0.2) is 5.78 Å². The molecule has 2 rings (SSSR count). The number of anilines is 1. The van der Waals surface area contributed by atoms with E-state index in [0.717, 1.165) is 18.2 Å². The Balaban J connectivity index is 1.94. The molecule has 0 atom stereocenters. The minimum Gasteiger partial charge on any atom is -0.373 e. The van der Waals surface area contributed by atoms with Gasteiger partial charge in [0.05, 0.1) is 11.9 Å². The highest BCUT2D eigenvalue weighted by Crippen LogP contribution is 2.25. The highest BCUT2D eigenvalue weighted by Gasteiger charge is 2.16. The number of carbonyl (C=O) groups is 1. The van der Waals surface area contributed by atoms with E-state index in [4.69, 9.17) is 0 Å². The van der Waals surface area contributed by atoms with E-state index in [2.05, 4.69) is 16.9 Å². The van der Waals surface area contributed by atoms with E-state index in [0.29, 0.717) is 12.1 Å². The van der Waals surface area contributed by atoms with Crippen LogP contribution in [0.5, 0.6) is 0 Å². The van der Waals surface area contributed by atoms with Crippen molar-refractivity contribution in [2.45, 2.75) is 45.4 Å². The maximum atomic E-state index is 11.5. The second kappa shape index (κ2) is 6.69. The lowest BCUT2D eigenvalue weighted by molar-refractivity contribution is 0.0983. The number of Topliss-reactive ketones (excluding diaryl/α,β-unsaturated/α-hetero) is 1. The van der Waals surface area contributed by atoms with Gasteiger partial charge in [0.2, 0.25) is 0 Å². The van der Waals surface area contributed by atoms with E-state index >= 15 is 0 Å². The Morgan fingerprint density at radius 1 is 1.32 bits per heavy atom. The summed E-state index contributed by atoms with van der Waals surface area (Å²) in [5.74, 6) is 0.928. The van der Waals surface area contributed by atoms with E-state index in [1.54, 1.807) is 0 Å². The maximum Gasteiger partial charge on any atom is 0.180 e. The molecule has 0 unspecified atom stereocenters. The van der Waals surface area contributed by atoms with E-state index in [9.17, 15) is 4.79 Å². The molecule has 1 fully saturated rings. The number of hydrogen-bond acceptors (Lipinski definition) is 3. The molecule has 1 saturated carbocycles. The zero-order chi connectivity index (χ0) is 13.7. The van der Waals surface area contributed by atoms with Gasteiger partial charge in [-0.25, -0.2) is 0 Å². The largest absolute Gasteiger partial charge is 0.373 e. The molecule has 0 saturated heterocycles. The van der Waals surface area contributed by atoms with Crippen molar-refractivity contribution in [1.82, 2.24) is 4.98 Å². The van der Waals surface area contributed by atoms with Crippen molar-refractivity contribution in [2.24, 2.45) is 5.92 Å². The van der Waals surface area contributed by atoms with E-state index in [1.165, 1.54) is 32.1 Å². The molecule has 0 radical (unpaired) electrons. The van der Waals surface area contributed by atoms with Gasteiger partial charge >= 0.3 is 0 Å². The van der Waals surface area contributed by atoms with Crippen LogP contribution in [-0.2, 0) is 0 Å². The monoisotopic (exact) mass is 260 g/mol. The van der Waals surface area contributed by atoms with Gasteiger partial charge in [-0.1, -0.05) is 26.2 Å². The molecule has 1 aliphatic rings. The van der Waals surface area contributed by atoms with Crippen LogP contribution in [0.15, 0.2) is 18.3 Å². The molecule has 0 aromatic carbocycles. The van der Waals surface area contributed by atoms with Gasteiger partial charge in [-0.2, -0.15) is 0 Å². The highest BCUT2D eigenvalue weighted by atomic mass is 16.1. The average Bonchev–Trinajstić information content (AvgIpc) is 2.47. The predicted octanol–water partition coefficient (Wildman–Crippen LogP) is 3.69. The molecule has 1 aliphatic carbocycles. The zero-order valence-corrected chi connectivity index (χ0v) is 12.1. The SMILES string of the molecule is CCC(=O)c1ccc(N(C)CC2CCCCC2)cn1. The summed E-state index contributed by atoms with van der Waals surface area (Å²) < 4.78 is 0. The number of hydrogen-bond donors (Lipinski definition) is 0. The Morgan fingerprint density at radius 2 is 2.05 bits per heavy atom. The molecule has 1 heterocycles. The maximum absolute atomic E-state index is 11.5. The molecule has 0 aliphatic heterocycles. The lowest BCUT2D eigenvalue weighted by Crippen LogP contribution is -2.26. The minimum absolute atomic E-state index is 0.112. The van der Waals surface area contributed by atoms with Gasteiger partial charge in [-0.3, -0.25) is 9.78 Å². The molecule has 1 aromatic heterocycles. The predicted molar refractivity (Wildman–Crippen MR) is 78.7 cm³/mol. The van der Waals surface area contributed by atoms with Crippen LogP contribution in [0.3, 0.4) is 0 Å². The topological polar surface area (TPSA) is 33.2 Å². The van der Waals surface area contributed by atoms with Gasteiger partial charge in [0, 0.05) is 20.0 Å². The Labute approximate surface area is 116 Å². The summed E-state index contributed by atoms with van der Waals surface area (Å²) >= 11 is 0. The zero-order valence-electron chi connectivity index (χ0n) is 12.1. The van der Waals surface area contributed by atoms with Crippen LogP contribution in [0.25, 0.3) is 0 Å². The molecule has 19 heavy (non-hydrogen) atoms. The smallest absolute Gasteiger partial charge is 0.180 e. The summed E-state index contributed by atoms with van der Waals surface area (Å²) in [5, 5.41) is 0. The molecule has 104 valence electrons. The fourth-order valence-corrected chi connectivity index (χ4v) is 2.82. The van der Waals surface area contributed by atoms with Gasteiger partial charge in [-0.05, 0) is 30.9 Å².